The van der Waals surface area contributed by atoms with Gasteiger partial charge in [0.2, 0.25) is 15.9 Å². The number of nitrogens with one attached hydrogen (secondary N) is 2. The Morgan fingerprint density at radius 2 is 1.60 bits per heavy atom. The van der Waals surface area contributed by atoms with Crippen molar-refractivity contribution < 1.29 is 31.1 Å². The van der Waals surface area contributed by atoms with Crippen LogP contribution in [0.25, 0.3) is 11.3 Å². The van der Waals surface area contributed by atoms with Crippen LogP contribution in [0.15, 0.2) is 78.9 Å². The van der Waals surface area contributed by atoms with Crippen molar-refractivity contribution in [3.8, 4) is 28.6 Å². The lowest BCUT2D eigenvalue weighted by molar-refractivity contribution is -0.106. The number of halogens is 3. The number of alkyl halides is 3. The van der Waals surface area contributed by atoms with Crippen LogP contribution in [0.2, 0.25) is 0 Å². The summed E-state index contributed by atoms with van der Waals surface area (Å²) in [6.07, 6.45) is -4.85. The van der Waals surface area contributed by atoms with Gasteiger partial charge in [0.1, 0.15) is 11.5 Å². The third kappa shape index (κ3) is 8.26. The van der Waals surface area contributed by atoms with Crippen LogP contribution in [-0.4, -0.2) is 37.2 Å². The van der Waals surface area contributed by atoms with Crippen LogP contribution >= 0.6 is 0 Å². The summed E-state index contributed by atoms with van der Waals surface area (Å²) in [4.78, 5) is 0. The Morgan fingerprint density at radius 1 is 0.929 bits per heavy atom. The Hall–Kier alpha value is -4.03. The molecule has 2 N–H and O–H groups in total. The van der Waals surface area contributed by atoms with Gasteiger partial charge in [0.25, 0.3) is 0 Å². The number of benzene rings is 3. The van der Waals surface area contributed by atoms with Gasteiger partial charge < -0.3 is 14.8 Å². The molecule has 0 amide bonds. The van der Waals surface area contributed by atoms with Gasteiger partial charge in [-0.3, -0.25) is 0 Å². The third-order valence-corrected chi connectivity index (χ3v) is 7.95. The number of methoxy groups -OCH3 is 1. The zero-order chi connectivity index (χ0) is 30.5. The zero-order valence-electron chi connectivity index (χ0n) is 23.7. The number of ether oxygens (including phenoxy) is 2. The van der Waals surface area contributed by atoms with Crippen molar-refractivity contribution in [2.45, 2.75) is 45.6 Å². The fourth-order valence-electron chi connectivity index (χ4n) is 4.33. The van der Waals surface area contributed by atoms with Gasteiger partial charge >= 0.3 is 6.18 Å². The van der Waals surface area contributed by atoms with Gasteiger partial charge in [-0.1, -0.05) is 30.3 Å². The van der Waals surface area contributed by atoms with E-state index in [1.807, 2.05) is 55.5 Å². The maximum absolute atomic E-state index is 12.7. The smallest absolute Gasteiger partial charge is 0.404 e. The topological polar surface area (TPSA) is 94.5 Å². The quantitative estimate of drug-likeness (QED) is 0.187. The summed E-state index contributed by atoms with van der Waals surface area (Å²) in [7, 11) is -2.98. The van der Waals surface area contributed by atoms with E-state index in [1.165, 1.54) is 13.8 Å². The summed E-state index contributed by atoms with van der Waals surface area (Å²) in [5.41, 5.74) is 2.46. The second kappa shape index (κ2) is 12.5. The molecule has 0 fully saturated rings. The van der Waals surface area contributed by atoms with Gasteiger partial charge in [-0.2, -0.15) is 18.3 Å². The zero-order valence-corrected chi connectivity index (χ0v) is 24.5. The lowest BCUT2D eigenvalue weighted by Crippen LogP contribution is -2.44. The first-order valence-corrected chi connectivity index (χ1v) is 14.8. The Labute approximate surface area is 243 Å². The van der Waals surface area contributed by atoms with E-state index in [4.69, 9.17) is 9.47 Å². The van der Waals surface area contributed by atoms with Crippen LogP contribution in [0, 0.1) is 0 Å². The van der Waals surface area contributed by atoms with E-state index in [2.05, 4.69) is 15.1 Å². The van der Waals surface area contributed by atoms with E-state index < -0.39 is 27.5 Å². The standard InChI is InChI=1S/C30H33F3N4O4S/c1-5-37-28(41-26-13-9-21(10-14-26)19-34-24-11-15-25(40-4)16-12-24)18-27(35-37)22-7-6-8-23(17-22)29(2,3)36-42(38,39)20-30(31,32)33/h6-18,34,36H,5,19-20H2,1-4H3. The van der Waals surface area contributed by atoms with Gasteiger partial charge in [-0.05, 0) is 74.4 Å². The lowest BCUT2D eigenvalue weighted by atomic mass is 9.93. The van der Waals surface area contributed by atoms with Gasteiger partial charge in [0.15, 0.2) is 5.75 Å². The van der Waals surface area contributed by atoms with E-state index in [9.17, 15) is 21.6 Å². The van der Waals surface area contributed by atoms with Crippen LogP contribution in [0.3, 0.4) is 0 Å². The molecule has 224 valence electrons. The first-order chi connectivity index (χ1) is 19.8. The van der Waals surface area contributed by atoms with Crippen molar-refractivity contribution in [3.05, 3.63) is 90.0 Å². The molecular formula is C30H33F3N4O4S. The largest absolute Gasteiger partial charge is 0.497 e. The van der Waals surface area contributed by atoms with Crippen molar-refractivity contribution in [1.82, 2.24) is 14.5 Å². The Bertz CT molecular complexity index is 1600. The van der Waals surface area contributed by atoms with Crippen molar-refractivity contribution in [2.75, 3.05) is 18.2 Å². The predicted octanol–water partition coefficient (Wildman–Crippen LogP) is 6.70. The van der Waals surface area contributed by atoms with Crippen molar-refractivity contribution >= 4 is 15.7 Å². The summed E-state index contributed by atoms with van der Waals surface area (Å²) >= 11 is 0. The molecule has 4 aromatic rings. The van der Waals surface area contributed by atoms with E-state index >= 15 is 0 Å². The first-order valence-electron chi connectivity index (χ1n) is 13.2. The highest BCUT2D eigenvalue weighted by molar-refractivity contribution is 7.89. The van der Waals surface area contributed by atoms with Crippen LogP contribution in [0.4, 0.5) is 18.9 Å². The molecule has 3 aromatic carbocycles. The average molecular weight is 603 g/mol. The van der Waals surface area contributed by atoms with E-state index in [0.717, 1.165) is 17.0 Å². The molecule has 1 aromatic heterocycles. The normalized spacial score (nSPS) is 12.3. The van der Waals surface area contributed by atoms with E-state index in [-0.39, 0.29) is 0 Å². The van der Waals surface area contributed by atoms with E-state index in [1.54, 1.807) is 42.1 Å². The lowest BCUT2D eigenvalue weighted by Gasteiger charge is -2.27. The molecule has 0 aliphatic rings. The molecule has 0 bridgehead atoms. The molecule has 4 rings (SSSR count). The second-order valence-corrected chi connectivity index (χ2v) is 11.9. The summed E-state index contributed by atoms with van der Waals surface area (Å²) in [5, 5.41) is 7.98. The number of anilines is 1. The SMILES string of the molecule is CCn1nc(-c2cccc(C(C)(C)NS(=O)(=O)CC(F)(F)F)c2)cc1Oc1ccc(CNc2ccc(OC)cc2)cc1. The number of rotatable bonds is 12. The molecule has 0 saturated heterocycles. The number of hydrogen-bond donors (Lipinski definition) is 2. The van der Waals surface area contributed by atoms with Crippen molar-refractivity contribution in [3.63, 3.8) is 0 Å². The van der Waals surface area contributed by atoms with Gasteiger partial charge in [0.05, 0.1) is 18.3 Å². The summed E-state index contributed by atoms with van der Waals surface area (Å²) < 4.78 is 77.6. The number of nitrogens with zero attached hydrogens (tertiary/aromatic N) is 2. The molecule has 1 heterocycles. The molecule has 42 heavy (non-hydrogen) atoms. The predicted molar refractivity (Wildman–Crippen MR) is 156 cm³/mol. The fraction of sp³-hybridized carbons (Fsp3) is 0.300. The highest BCUT2D eigenvalue weighted by Crippen LogP contribution is 2.31. The van der Waals surface area contributed by atoms with Crippen LogP contribution in [-0.2, 0) is 28.7 Å². The molecule has 8 nitrogen and oxygen atoms in total. The molecule has 0 spiro atoms. The minimum Gasteiger partial charge on any atom is -0.497 e. The summed E-state index contributed by atoms with van der Waals surface area (Å²) in [6.45, 7) is 6.10. The Balaban J connectivity index is 1.46. The van der Waals surface area contributed by atoms with Crippen LogP contribution < -0.4 is 19.5 Å². The number of aryl methyl sites for hydroxylation is 1. The molecular weight excluding hydrogens is 569 g/mol. The highest BCUT2D eigenvalue weighted by Gasteiger charge is 2.38. The Kier molecular flexibility index (Phi) is 9.17. The molecule has 0 radical (unpaired) electrons. The Morgan fingerprint density at radius 3 is 2.21 bits per heavy atom. The van der Waals surface area contributed by atoms with Crippen LogP contribution in [0.5, 0.6) is 17.4 Å². The van der Waals surface area contributed by atoms with Gasteiger partial charge in [-0.25, -0.2) is 17.8 Å². The average Bonchev–Trinajstić information content (AvgIpc) is 3.34. The molecule has 12 heteroatoms. The minimum atomic E-state index is -4.85. The van der Waals surface area contributed by atoms with Crippen molar-refractivity contribution in [1.29, 1.82) is 0 Å². The van der Waals surface area contributed by atoms with Crippen LogP contribution in [0.1, 0.15) is 31.9 Å². The highest BCUT2D eigenvalue weighted by atomic mass is 32.2. The number of hydrogen-bond acceptors (Lipinski definition) is 6. The number of sulfonamides is 1. The minimum absolute atomic E-state index is 0.484. The maximum Gasteiger partial charge on any atom is 0.404 e. The first kappa shape index (κ1) is 30.9. The van der Waals surface area contributed by atoms with E-state index in [0.29, 0.717) is 41.5 Å². The number of aromatic nitrogens is 2. The maximum atomic E-state index is 12.7. The third-order valence-electron chi connectivity index (χ3n) is 6.42. The van der Waals surface area contributed by atoms with Crippen molar-refractivity contribution in [2.24, 2.45) is 0 Å². The molecule has 0 aliphatic heterocycles. The van der Waals surface area contributed by atoms with Gasteiger partial charge in [-0.15, -0.1) is 0 Å². The second-order valence-electron chi connectivity index (χ2n) is 10.2. The molecule has 0 atom stereocenters. The molecule has 0 unspecified atom stereocenters. The van der Waals surface area contributed by atoms with Gasteiger partial charge in [0, 0.05) is 30.4 Å². The molecule has 0 aliphatic carbocycles. The fourth-order valence-corrected chi connectivity index (χ4v) is 5.72. The molecule has 0 saturated carbocycles. The summed E-state index contributed by atoms with van der Waals surface area (Å²) in [6, 6.07) is 24.0. The monoisotopic (exact) mass is 602 g/mol. The summed E-state index contributed by atoms with van der Waals surface area (Å²) in [5.74, 6) is -0.0314.